The molecule has 0 unspecified atom stereocenters. The minimum absolute atomic E-state index is 0.0233. The molecule has 0 atom stereocenters. The molecule has 0 aliphatic rings. The number of carbonyl (C=O) groups excluding carboxylic acids is 1. The average molecular weight is 309 g/mol. The smallest absolute Gasteiger partial charge is 0.337 e. The van der Waals surface area contributed by atoms with E-state index in [-0.39, 0.29) is 5.69 Å². The Hall–Kier alpha value is -3.21. The van der Waals surface area contributed by atoms with Gasteiger partial charge in [0.2, 0.25) is 0 Å². The van der Waals surface area contributed by atoms with Crippen LogP contribution in [0.2, 0.25) is 0 Å². The summed E-state index contributed by atoms with van der Waals surface area (Å²) in [5.41, 5.74) is 2.03. The molecule has 0 fully saturated rings. The van der Waals surface area contributed by atoms with E-state index in [1.54, 1.807) is 30.4 Å². The van der Waals surface area contributed by atoms with Gasteiger partial charge >= 0.3 is 5.97 Å². The summed E-state index contributed by atoms with van der Waals surface area (Å²) >= 11 is 0. The quantitative estimate of drug-likeness (QED) is 0.276. The van der Waals surface area contributed by atoms with E-state index in [4.69, 9.17) is 4.74 Å². The number of hydrogen-bond donors (Lipinski definition) is 0. The van der Waals surface area contributed by atoms with Crippen molar-refractivity contribution in [3.63, 3.8) is 0 Å². The average Bonchev–Trinajstić information content (AvgIpc) is 2.59. The highest BCUT2D eigenvalue weighted by molar-refractivity contribution is 5.97. The number of ether oxygens (including phenoxy) is 1. The predicted molar refractivity (Wildman–Crippen MR) is 88.6 cm³/mol. The third-order valence-electron chi connectivity index (χ3n) is 3.10. The topological polar surface area (TPSA) is 69.4 Å². The van der Waals surface area contributed by atoms with Crippen LogP contribution in [0.5, 0.6) is 0 Å². The summed E-state index contributed by atoms with van der Waals surface area (Å²) in [5.74, 6) is -0.452. The molecule has 0 N–H and O–H groups in total. The Morgan fingerprint density at radius 3 is 2.26 bits per heavy atom. The minimum Gasteiger partial charge on any atom is -0.465 e. The number of benzene rings is 2. The van der Waals surface area contributed by atoms with E-state index < -0.39 is 10.9 Å². The Labute approximate surface area is 133 Å². The summed E-state index contributed by atoms with van der Waals surface area (Å²) in [6, 6.07) is 15.5. The summed E-state index contributed by atoms with van der Waals surface area (Å²) in [7, 11) is 1.32. The molecule has 0 spiro atoms. The number of carbonyl (C=O) groups is 1. The summed E-state index contributed by atoms with van der Waals surface area (Å²) in [4.78, 5) is 22.0. The molecule has 23 heavy (non-hydrogen) atoms. The fourth-order valence-electron chi connectivity index (χ4n) is 1.91. The largest absolute Gasteiger partial charge is 0.465 e. The molecule has 0 bridgehead atoms. The molecule has 0 aliphatic heterocycles. The molecule has 2 rings (SSSR count). The van der Waals surface area contributed by atoms with Crippen LogP contribution in [0.1, 0.15) is 11.1 Å². The normalized spacial score (nSPS) is 11.4. The maximum atomic E-state index is 11.8. The zero-order valence-electron chi connectivity index (χ0n) is 12.5. The predicted octanol–water partition coefficient (Wildman–Crippen LogP) is 3.86. The van der Waals surface area contributed by atoms with Crippen molar-refractivity contribution in [2.45, 2.75) is 0 Å². The number of nitro benzene ring substituents is 1. The van der Waals surface area contributed by atoms with Crippen LogP contribution in [0.4, 0.5) is 5.69 Å². The van der Waals surface area contributed by atoms with Gasteiger partial charge in [-0.05, 0) is 35.4 Å². The monoisotopic (exact) mass is 309 g/mol. The first-order valence-electron chi connectivity index (χ1n) is 6.88. The van der Waals surface area contributed by atoms with Crippen LogP contribution in [0, 0.1) is 10.1 Å². The van der Waals surface area contributed by atoms with E-state index in [0.29, 0.717) is 5.57 Å². The SMILES string of the molecule is COC(=O)C(/C=C/c1ccc([N+](=O)[O-])cc1)=C/c1ccccc1. The van der Waals surface area contributed by atoms with Crippen molar-refractivity contribution in [3.8, 4) is 0 Å². The fourth-order valence-corrected chi connectivity index (χ4v) is 1.91. The number of nitro groups is 1. The van der Waals surface area contributed by atoms with Gasteiger partial charge in [-0.3, -0.25) is 10.1 Å². The zero-order valence-corrected chi connectivity index (χ0v) is 12.5. The van der Waals surface area contributed by atoms with Gasteiger partial charge in [0, 0.05) is 12.1 Å². The van der Waals surface area contributed by atoms with Crippen molar-refractivity contribution in [3.05, 3.63) is 87.5 Å². The highest BCUT2D eigenvalue weighted by atomic mass is 16.6. The van der Waals surface area contributed by atoms with Crippen LogP contribution in [-0.2, 0) is 9.53 Å². The van der Waals surface area contributed by atoms with E-state index in [0.717, 1.165) is 11.1 Å². The van der Waals surface area contributed by atoms with Gasteiger partial charge in [0.15, 0.2) is 0 Å². The molecule has 0 saturated heterocycles. The third-order valence-corrected chi connectivity index (χ3v) is 3.10. The maximum absolute atomic E-state index is 11.8. The van der Waals surface area contributed by atoms with Gasteiger partial charge in [-0.2, -0.15) is 0 Å². The molecule has 2 aromatic rings. The number of nitrogens with zero attached hydrogens (tertiary/aromatic N) is 1. The van der Waals surface area contributed by atoms with Crippen molar-refractivity contribution in [1.82, 2.24) is 0 Å². The van der Waals surface area contributed by atoms with Crippen molar-refractivity contribution < 1.29 is 14.5 Å². The lowest BCUT2D eigenvalue weighted by Gasteiger charge is -2.01. The van der Waals surface area contributed by atoms with Gasteiger partial charge in [0.05, 0.1) is 17.6 Å². The van der Waals surface area contributed by atoms with E-state index in [9.17, 15) is 14.9 Å². The number of rotatable bonds is 5. The van der Waals surface area contributed by atoms with Gasteiger partial charge < -0.3 is 4.74 Å². The lowest BCUT2D eigenvalue weighted by molar-refractivity contribution is -0.384. The van der Waals surface area contributed by atoms with E-state index in [1.807, 2.05) is 30.3 Å². The van der Waals surface area contributed by atoms with E-state index in [2.05, 4.69) is 0 Å². The Bertz CT molecular complexity index is 746. The molecule has 0 heterocycles. The molecule has 0 amide bonds. The summed E-state index contributed by atoms with van der Waals surface area (Å²) in [5, 5.41) is 10.6. The first-order chi connectivity index (χ1) is 11.1. The van der Waals surface area contributed by atoms with Gasteiger partial charge in [-0.15, -0.1) is 0 Å². The minimum atomic E-state index is -0.456. The number of non-ortho nitro benzene ring substituents is 1. The molecule has 0 radical (unpaired) electrons. The molecular formula is C18H15NO4. The summed E-state index contributed by atoms with van der Waals surface area (Å²) in [6.07, 6.45) is 5.04. The second-order valence-corrected chi connectivity index (χ2v) is 4.68. The Balaban J connectivity index is 2.25. The van der Waals surface area contributed by atoms with E-state index >= 15 is 0 Å². The molecule has 0 saturated carbocycles. The van der Waals surface area contributed by atoms with Crippen LogP contribution < -0.4 is 0 Å². The van der Waals surface area contributed by atoms with Crippen LogP contribution in [0.25, 0.3) is 12.2 Å². The van der Waals surface area contributed by atoms with E-state index in [1.165, 1.54) is 19.2 Å². The van der Waals surface area contributed by atoms with Gasteiger partial charge in [0.1, 0.15) is 0 Å². The number of esters is 1. The van der Waals surface area contributed by atoms with Crippen LogP contribution in [0.15, 0.2) is 66.2 Å². The van der Waals surface area contributed by atoms with Crippen molar-refractivity contribution in [2.75, 3.05) is 7.11 Å². The van der Waals surface area contributed by atoms with Gasteiger partial charge in [-0.1, -0.05) is 36.4 Å². The van der Waals surface area contributed by atoms with Crippen molar-refractivity contribution in [1.29, 1.82) is 0 Å². The zero-order chi connectivity index (χ0) is 16.7. The third kappa shape index (κ3) is 4.64. The first kappa shape index (κ1) is 16.2. The molecule has 0 aromatic heterocycles. The lowest BCUT2D eigenvalue weighted by Crippen LogP contribution is -2.02. The highest BCUT2D eigenvalue weighted by Crippen LogP contribution is 2.15. The second-order valence-electron chi connectivity index (χ2n) is 4.68. The standard InChI is InChI=1S/C18H15NO4/c1-23-18(20)16(13-15-5-3-2-4-6-15)10-7-14-8-11-17(12-9-14)19(21)22/h2-13H,1H3/b10-7+,16-13+. The molecular weight excluding hydrogens is 294 g/mol. The Morgan fingerprint density at radius 1 is 1.04 bits per heavy atom. The van der Waals surface area contributed by atoms with Gasteiger partial charge in [-0.25, -0.2) is 4.79 Å². The highest BCUT2D eigenvalue weighted by Gasteiger charge is 2.07. The number of hydrogen-bond acceptors (Lipinski definition) is 4. The molecule has 5 heteroatoms. The summed E-state index contributed by atoms with van der Waals surface area (Å²) in [6.45, 7) is 0. The fraction of sp³-hybridized carbons (Fsp3) is 0.0556. The second kappa shape index (κ2) is 7.70. The number of methoxy groups -OCH3 is 1. The lowest BCUT2D eigenvalue weighted by atomic mass is 10.1. The molecule has 0 aliphatic carbocycles. The van der Waals surface area contributed by atoms with Crippen LogP contribution >= 0.6 is 0 Å². The van der Waals surface area contributed by atoms with Crippen molar-refractivity contribution in [2.24, 2.45) is 0 Å². The Morgan fingerprint density at radius 2 is 1.70 bits per heavy atom. The summed E-state index contributed by atoms with van der Waals surface area (Å²) < 4.78 is 4.78. The Kier molecular flexibility index (Phi) is 5.41. The molecule has 5 nitrogen and oxygen atoms in total. The van der Waals surface area contributed by atoms with Crippen molar-refractivity contribution >= 4 is 23.8 Å². The van der Waals surface area contributed by atoms with Crippen LogP contribution in [-0.4, -0.2) is 18.0 Å². The van der Waals surface area contributed by atoms with Gasteiger partial charge in [0.25, 0.3) is 5.69 Å². The van der Waals surface area contributed by atoms with Crippen LogP contribution in [0.3, 0.4) is 0 Å². The molecule has 116 valence electrons. The first-order valence-corrected chi connectivity index (χ1v) is 6.88. The maximum Gasteiger partial charge on any atom is 0.337 e. The molecule has 2 aromatic carbocycles.